The van der Waals surface area contributed by atoms with E-state index < -0.39 is 5.97 Å². The molecule has 1 amide bonds. The molecule has 0 radical (unpaired) electrons. The maximum Gasteiger partial charge on any atom is 0.303 e. The van der Waals surface area contributed by atoms with Crippen LogP contribution in [-0.4, -0.2) is 36.8 Å². The Hall–Kier alpha value is -2.86. The first-order valence-electron chi connectivity index (χ1n) is 8.51. The van der Waals surface area contributed by atoms with Crippen molar-refractivity contribution in [1.82, 2.24) is 0 Å². The fourth-order valence-corrected chi connectivity index (χ4v) is 2.39. The summed E-state index contributed by atoms with van der Waals surface area (Å²) in [7, 11) is 0. The fourth-order valence-electron chi connectivity index (χ4n) is 2.39. The molecule has 2 aromatic carbocycles. The summed E-state index contributed by atoms with van der Waals surface area (Å²) >= 11 is 0. The number of carbonyl (C=O) groups is 2. The van der Waals surface area contributed by atoms with Crippen LogP contribution < -0.4 is 10.1 Å². The minimum atomic E-state index is -0.849. The van der Waals surface area contributed by atoms with Gasteiger partial charge in [-0.15, -0.1) is 0 Å². The van der Waals surface area contributed by atoms with Crippen molar-refractivity contribution in [2.75, 3.05) is 25.1 Å². The Kier molecular flexibility index (Phi) is 7.64. The molecule has 2 rings (SSSR count). The Balaban J connectivity index is 2.03. The Bertz CT molecular complexity index is 744. The van der Waals surface area contributed by atoms with Gasteiger partial charge in [0.15, 0.2) is 0 Å². The number of carbonyl (C=O) groups excluding carboxylic acids is 1. The third-order valence-corrected chi connectivity index (χ3v) is 3.63. The van der Waals surface area contributed by atoms with Gasteiger partial charge in [0.1, 0.15) is 12.4 Å². The molecule has 0 spiro atoms. The van der Waals surface area contributed by atoms with Crippen LogP contribution in [-0.2, 0) is 16.0 Å². The molecule has 0 saturated carbocycles. The minimum Gasteiger partial charge on any atom is -0.490 e. The molecule has 0 unspecified atom stereocenters. The lowest BCUT2D eigenvalue weighted by atomic mass is 10.1. The highest BCUT2D eigenvalue weighted by Crippen LogP contribution is 2.20. The first kappa shape index (κ1) is 19.5. The lowest BCUT2D eigenvalue weighted by Gasteiger charge is -2.12. The van der Waals surface area contributed by atoms with Gasteiger partial charge < -0.3 is 19.9 Å². The maximum atomic E-state index is 12.6. The molecule has 0 atom stereocenters. The van der Waals surface area contributed by atoms with Crippen LogP contribution in [0.25, 0.3) is 0 Å². The van der Waals surface area contributed by atoms with Crippen LogP contribution in [0.4, 0.5) is 5.69 Å². The number of aliphatic carboxylic acids is 1. The SMILES string of the molecule is CCOCCOc1ccccc1C(=O)Nc1cccc(CCC(=O)O)c1. The highest BCUT2D eigenvalue weighted by atomic mass is 16.5. The molecule has 0 heterocycles. The molecular weight excluding hydrogens is 334 g/mol. The molecule has 26 heavy (non-hydrogen) atoms. The Morgan fingerprint density at radius 3 is 2.65 bits per heavy atom. The quantitative estimate of drug-likeness (QED) is 0.637. The molecule has 138 valence electrons. The zero-order chi connectivity index (χ0) is 18.8. The van der Waals surface area contributed by atoms with E-state index in [4.69, 9.17) is 14.6 Å². The Labute approximate surface area is 152 Å². The van der Waals surface area contributed by atoms with Gasteiger partial charge in [0.05, 0.1) is 12.2 Å². The lowest BCUT2D eigenvalue weighted by molar-refractivity contribution is -0.136. The van der Waals surface area contributed by atoms with Crippen molar-refractivity contribution in [3.63, 3.8) is 0 Å². The summed E-state index contributed by atoms with van der Waals surface area (Å²) < 4.78 is 10.9. The molecule has 0 aliphatic carbocycles. The van der Waals surface area contributed by atoms with Gasteiger partial charge in [0, 0.05) is 18.7 Å². The number of carboxylic acid groups (broad SMARTS) is 1. The number of para-hydroxylation sites is 1. The predicted molar refractivity (Wildman–Crippen MR) is 98.8 cm³/mol. The number of anilines is 1. The van der Waals surface area contributed by atoms with Gasteiger partial charge >= 0.3 is 5.97 Å². The molecule has 0 aliphatic heterocycles. The van der Waals surface area contributed by atoms with Crippen molar-refractivity contribution in [1.29, 1.82) is 0 Å². The molecular formula is C20H23NO5. The topological polar surface area (TPSA) is 84.9 Å². The van der Waals surface area contributed by atoms with E-state index in [1.54, 1.807) is 42.5 Å². The number of hydrogen-bond acceptors (Lipinski definition) is 4. The maximum absolute atomic E-state index is 12.6. The number of benzene rings is 2. The van der Waals surface area contributed by atoms with Gasteiger partial charge in [-0.2, -0.15) is 0 Å². The van der Waals surface area contributed by atoms with Crippen LogP contribution in [0.15, 0.2) is 48.5 Å². The van der Waals surface area contributed by atoms with Crippen molar-refractivity contribution in [3.8, 4) is 5.75 Å². The smallest absolute Gasteiger partial charge is 0.303 e. The molecule has 0 saturated heterocycles. The van der Waals surface area contributed by atoms with Gasteiger partial charge in [0.25, 0.3) is 5.91 Å². The van der Waals surface area contributed by atoms with Crippen molar-refractivity contribution in [2.45, 2.75) is 19.8 Å². The first-order valence-corrected chi connectivity index (χ1v) is 8.51. The van der Waals surface area contributed by atoms with Crippen LogP contribution in [0.2, 0.25) is 0 Å². The molecule has 0 bridgehead atoms. The number of carboxylic acids is 1. The third-order valence-electron chi connectivity index (χ3n) is 3.63. The minimum absolute atomic E-state index is 0.0495. The van der Waals surface area contributed by atoms with Gasteiger partial charge in [0.2, 0.25) is 0 Å². The van der Waals surface area contributed by atoms with Crippen LogP contribution in [0.1, 0.15) is 29.3 Å². The third kappa shape index (κ3) is 6.22. The normalized spacial score (nSPS) is 10.3. The van der Waals surface area contributed by atoms with E-state index in [-0.39, 0.29) is 12.3 Å². The largest absolute Gasteiger partial charge is 0.490 e. The van der Waals surface area contributed by atoms with E-state index in [0.717, 1.165) is 5.56 Å². The summed E-state index contributed by atoms with van der Waals surface area (Å²) in [4.78, 5) is 23.3. The summed E-state index contributed by atoms with van der Waals surface area (Å²) in [6.07, 6.45) is 0.462. The monoisotopic (exact) mass is 357 g/mol. The highest BCUT2D eigenvalue weighted by Gasteiger charge is 2.12. The summed E-state index contributed by atoms with van der Waals surface area (Å²) in [6, 6.07) is 14.2. The van der Waals surface area contributed by atoms with E-state index >= 15 is 0 Å². The Morgan fingerprint density at radius 2 is 1.88 bits per heavy atom. The van der Waals surface area contributed by atoms with Gasteiger partial charge in [-0.1, -0.05) is 24.3 Å². The number of hydrogen-bond donors (Lipinski definition) is 2. The molecule has 0 aliphatic rings. The zero-order valence-electron chi connectivity index (χ0n) is 14.7. The average molecular weight is 357 g/mol. The fraction of sp³-hybridized carbons (Fsp3) is 0.300. The van der Waals surface area contributed by atoms with Gasteiger partial charge in [-0.25, -0.2) is 0 Å². The number of amides is 1. The van der Waals surface area contributed by atoms with E-state index in [2.05, 4.69) is 5.32 Å². The van der Waals surface area contributed by atoms with E-state index in [1.807, 2.05) is 13.0 Å². The second kappa shape index (κ2) is 10.2. The molecule has 0 fully saturated rings. The number of rotatable bonds is 10. The van der Waals surface area contributed by atoms with E-state index in [1.165, 1.54) is 0 Å². The van der Waals surface area contributed by atoms with Gasteiger partial charge in [-0.05, 0) is 43.2 Å². The summed E-state index contributed by atoms with van der Waals surface area (Å²) in [5, 5.41) is 11.6. The zero-order valence-corrected chi connectivity index (χ0v) is 14.7. The number of ether oxygens (including phenoxy) is 2. The molecule has 6 nitrogen and oxygen atoms in total. The van der Waals surface area contributed by atoms with E-state index in [9.17, 15) is 9.59 Å². The van der Waals surface area contributed by atoms with Crippen LogP contribution >= 0.6 is 0 Å². The van der Waals surface area contributed by atoms with E-state index in [0.29, 0.717) is 43.2 Å². The van der Waals surface area contributed by atoms with Crippen LogP contribution in [0.3, 0.4) is 0 Å². The van der Waals surface area contributed by atoms with Crippen molar-refractivity contribution in [3.05, 3.63) is 59.7 Å². The molecule has 0 aromatic heterocycles. The van der Waals surface area contributed by atoms with Crippen molar-refractivity contribution < 1.29 is 24.2 Å². The molecule has 2 N–H and O–H groups in total. The second-order valence-corrected chi connectivity index (χ2v) is 5.59. The van der Waals surface area contributed by atoms with Crippen molar-refractivity contribution in [2.24, 2.45) is 0 Å². The second-order valence-electron chi connectivity index (χ2n) is 5.59. The average Bonchev–Trinajstić information content (AvgIpc) is 2.64. The molecule has 2 aromatic rings. The number of nitrogens with one attached hydrogen (secondary N) is 1. The summed E-state index contributed by atoms with van der Waals surface area (Å²) in [5.74, 6) is -0.642. The molecule has 6 heteroatoms. The van der Waals surface area contributed by atoms with Crippen molar-refractivity contribution >= 4 is 17.6 Å². The summed E-state index contributed by atoms with van der Waals surface area (Å²) in [5.41, 5.74) is 1.90. The van der Waals surface area contributed by atoms with Crippen LogP contribution in [0, 0.1) is 0 Å². The standard InChI is InChI=1S/C20H23NO5/c1-2-25-12-13-26-18-9-4-3-8-17(18)20(24)21-16-7-5-6-15(14-16)10-11-19(22)23/h3-9,14H,2,10-13H2,1H3,(H,21,24)(H,22,23). The number of aryl methyl sites for hydroxylation is 1. The summed E-state index contributed by atoms with van der Waals surface area (Å²) in [6.45, 7) is 3.34. The van der Waals surface area contributed by atoms with Crippen LogP contribution in [0.5, 0.6) is 5.75 Å². The predicted octanol–water partition coefficient (Wildman–Crippen LogP) is 3.37. The van der Waals surface area contributed by atoms with Gasteiger partial charge in [-0.3, -0.25) is 9.59 Å². The highest BCUT2D eigenvalue weighted by molar-refractivity contribution is 6.06. The Morgan fingerprint density at radius 1 is 1.08 bits per heavy atom. The lowest BCUT2D eigenvalue weighted by Crippen LogP contribution is -2.15. The first-order chi connectivity index (χ1) is 12.6.